The monoisotopic (exact) mass is 619 g/mol. The molecular formula is C36H39Cl2NO4. The van der Waals surface area contributed by atoms with E-state index < -0.39 is 5.97 Å². The lowest BCUT2D eigenvalue weighted by molar-refractivity contribution is 0.0697. The van der Waals surface area contributed by atoms with Crippen molar-refractivity contribution < 1.29 is 19.4 Å². The van der Waals surface area contributed by atoms with Crippen molar-refractivity contribution in [2.75, 3.05) is 19.8 Å². The SMILES string of the molecule is CCCCCc1ccccc1-c1ccc(C(CN)Cc2ccc(OCCOc3c(Cl)cc(C)cc3Cl)cc2)cc1C(=O)O. The number of hydrogen-bond acceptors (Lipinski definition) is 4. The van der Waals surface area contributed by atoms with E-state index in [1.165, 1.54) is 5.56 Å². The first-order chi connectivity index (χ1) is 20.8. The number of carbonyl (C=O) groups is 1. The molecule has 0 aliphatic carbocycles. The van der Waals surface area contributed by atoms with Crippen molar-refractivity contribution in [3.05, 3.63) is 117 Å². The fourth-order valence-electron chi connectivity index (χ4n) is 5.27. The standard InChI is InChI=1S/C36H39Cl2NO4/c1-3-4-5-8-26-9-6-7-10-30(26)31-16-13-27(22-32(31)36(40)41)28(23-39)21-25-11-14-29(15-12-25)42-17-18-43-35-33(37)19-24(2)20-34(35)38/h6-7,9-16,19-20,22,28H,3-5,8,17-18,21,23,39H2,1-2H3,(H,40,41). The van der Waals surface area contributed by atoms with Crippen LogP contribution >= 0.6 is 23.2 Å². The highest BCUT2D eigenvalue weighted by Crippen LogP contribution is 2.34. The van der Waals surface area contributed by atoms with Crippen LogP contribution in [0.25, 0.3) is 11.1 Å². The Labute approximate surface area is 264 Å². The predicted octanol–water partition coefficient (Wildman–Crippen LogP) is 9.14. The van der Waals surface area contributed by atoms with E-state index >= 15 is 0 Å². The number of ether oxygens (including phenoxy) is 2. The van der Waals surface area contributed by atoms with Crippen LogP contribution < -0.4 is 15.2 Å². The van der Waals surface area contributed by atoms with Crippen LogP contribution in [0.3, 0.4) is 0 Å². The summed E-state index contributed by atoms with van der Waals surface area (Å²) in [5.41, 5.74) is 12.4. The van der Waals surface area contributed by atoms with Gasteiger partial charge in [-0.1, -0.05) is 91.5 Å². The summed E-state index contributed by atoms with van der Waals surface area (Å²) in [4.78, 5) is 12.4. The molecule has 0 aliphatic heterocycles. The molecule has 43 heavy (non-hydrogen) atoms. The molecule has 4 aromatic rings. The average molecular weight is 621 g/mol. The molecule has 0 aromatic heterocycles. The van der Waals surface area contributed by atoms with Crippen LogP contribution in [0.15, 0.2) is 78.9 Å². The number of unbranched alkanes of at least 4 members (excludes halogenated alkanes) is 2. The number of aromatic carboxylic acids is 1. The number of rotatable bonds is 15. The molecule has 0 bridgehead atoms. The highest BCUT2D eigenvalue weighted by molar-refractivity contribution is 6.37. The van der Waals surface area contributed by atoms with E-state index in [1.807, 2.05) is 73.7 Å². The lowest BCUT2D eigenvalue weighted by atomic mass is 9.87. The van der Waals surface area contributed by atoms with Gasteiger partial charge in [-0.3, -0.25) is 0 Å². The Bertz CT molecular complexity index is 1500. The maximum absolute atomic E-state index is 12.4. The summed E-state index contributed by atoms with van der Waals surface area (Å²) < 4.78 is 11.6. The van der Waals surface area contributed by atoms with E-state index in [0.717, 1.165) is 53.5 Å². The topological polar surface area (TPSA) is 81.8 Å². The third-order valence-corrected chi connectivity index (χ3v) is 8.10. The molecule has 3 N–H and O–H groups in total. The minimum Gasteiger partial charge on any atom is -0.490 e. The smallest absolute Gasteiger partial charge is 0.336 e. The molecule has 1 atom stereocenters. The minimum atomic E-state index is -0.937. The van der Waals surface area contributed by atoms with E-state index in [2.05, 4.69) is 13.0 Å². The number of hydrogen-bond donors (Lipinski definition) is 2. The van der Waals surface area contributed by atoms with Crippen LogP contribution in [0.2, 0.25) is 10.0 Å². The second kappa shape index (κ2) is 15.8. The van der Waals surface area contributed by atoms with Gasteiger partial charge in [-0.25, -0.2) is 4.79 Å². The third-order valence-electron chi connectivity index (χ3n) is 7.53. The Kier molecular flexibility index (Phi) is 11.9. The summed E-state index contributed by atoms with van der Waals surface area (Å²) in [5, 5.41) is 11.1. The number of nitrogens with two attached hydrogens (primary N) is 1. The number of carboxylic acid groups (broad SMARTS) is 1. The van der Waals surface area contributed by atoms with Gasteiger partial charge >= 0.3 is 5.97 Å². The molecule has 1 unspecified atom stereocenters. The predicted molar refractivity (Wildman–Crippen MR) is 176 cm³/mol. The van der Waals surface area contributed by atoms with Crippen LogP contribution in [0.1, 0.15) is 64.7 Å². The third kappa shape index (κ3) is 8.76. The Balaban J connectivity index is 1.41. The van der Waals surface area contributed by atoms with E-state index in [1.54, 1.807) is 6.07 Å². The fraction of sp³-hybridized carbons (Fsp3) is 0.306. The van der Waals surface area contributed by atoms with Crippen molar-refractivity contribution in [3.63, 3.8) is 0 Å². The molecule has 4 rings (SSSR count). The van der Waals surface area contributed by atoms with Crippen LogP contribution in [-0.4, -0.2) is 30.8 Å². The van der Waals surface area contributed by atoms with Gasteiger partial charge in [-0.2, -0.15) is 0 Å². The van der Waals surface area contributed by atoms with Crippen LogP contribution in [-0.2, 0) is 12.8 Å². The molecule has 0 radical (unpaired) electrons. The molecule has 4 aromatic carbocycles. The van der Waals surface area contributed by atoms with Crippen LogP contribution in [0.5, 0.6) is 11.5 Å². The first-order valence-electron chi connectivity index (χ1n) is 14.8. The van der Waals surface area contributed by atoms with E-state index in [-0.39, 0.29) is 5.92 Å². The zero-order valence-electron chi connectivity index (χ0n) is 24.7. The summed E-state index contributed by atoms with van der Waals surface area (Å²) in [6.07, 6.45) is 4.98. The van der Waals surface area contributed by atoms with Gasteiger partial charge in [0.1, 0.15) is 19.0 Å². The second-order valence-electron chi connectivity index (χ2n) is 10.8. The lowest BCUT2D eigenvalue weighted by Crippen LogP contribution is -2.16. The van der Waals surface area contributed by atoms with Crippen LogP contribution in [0.4, 0.5) is 0 Å². The molecule has 0 spiro atoms. The van der Waals surface area contributed by atoms with E-state index in [4.69, 9.17) is 38.4 Å². The van der Waals surface area contributed by atoms with Crippen molar-refractivity contribution in [2.45, 2.75) is 51.9 Å². The van der Waals surface area contributed by atoms with Crippen molar-refractivity contribution in [1.29, 1.82) is 0 Å². The lowest BCUT2D eigenvalue weighted by Gasteiger charge is -2.19. The molecule has 0 aliphatic rings. The van der Waals surface area contributed by atoms with Gasteiger partial charge in [0.2, 0.25) is 0 Å². The molecule has 5 nitrogen and oxygen atoms in total. The molecule has 0 saturated heterocycles. The highest BCUT2D eigenvalue weighted by atomic mass is 35.5. The minimum absolute atomic E-state index is 0.0314. The number of benzene rings is 4. The molecule has 7 heteroatoms. The Morgan fingerprint density at radius 1 is 0.884 bits per heavy atom. The maximum atomic E-state index is 12.4. The quantitative estimate of drug-likeness (QED) is 0.130. The zero-order chi connectivity index (χ0) is 30.8. The zero-order valence-corrected chi connectivity index (χ0v) is 26.3. The fourth-order valence-corrected chi connectivity index (χ4v) is 5.97. The van der Waals surface area contributed by atoms with Gasteiger partial charge in [0, 0.05) is 5.92 Å². The molecule has 226 valence electrons. The highest BCUT2D eigenvalue weighted by Gasteiger charge is 2.19. The van der Waals surface area contributed by atoms with Gasteiger partial charge in [0.25, 0.3) is 0 Å². The summed E-state index contributed by atoms with van der Waals surface area (Å²) >= 11 is 12.5. The summed E-state index contributed by atoms with van der Waals surface area (Å²) in [7, 11) is 0. The van der Waals surface area contributed by atoms with E-state index in [9.17, 15) is 9.90 Å². The van der Waals surface area contributed by atoms with Crippen molar-refractivity contribution in [1.82, 2.24) is 0 Å². The van der Waals surface area contributed by atoms with Crippen molar-refractivity contribution in [2.24, 2.45) is 5.73 Å². The normalized spacial score (nSPS) is 11.7. The Morgan fingerprint density at radius 2 is 1.58 bits per heavy atom. The number of aryl methyl sites for hydroxylation is 2. The molecule has 0 saturated carbocycles. The second-order valence-corrected chi connectivity index (χ2v) is 11.6. The molecule has 0 heterocycles. The summed E-state index contributed by atoms with van der Waals surface area (Å²) in [6.45, 7) is 5.12. The number of carboxylic acids is 1. The Morgan fingerprint density at radius 3 is 2.26 bits per heavy atom. The van der Waals surface area contributed by atoms with E-state index in [0.29, 0.717) is 53.3 Å². The number of halogens is 2. The van der Waals surface area contributed by atoms with Gasteiger partial charge < -0.3 is 20.3 Å². The molecule has 0 amide bonds. The first kappa shape index (κ1) is 32.4. The van der Waals surface area contributed by atoms with Crippen molar-refractivity contribution in [3.8, 4) is 22.6 Å². The molecule has 0 fully saturated rings. The van der Waals surface area contributed by atoms with Gasteiger partial charge in [0.15, 0.2) is 5.75 Å². The van der Waals surface area contributed by atoms with Gasteiger partial charge in [-0.15, -0.1) is 0 Å². The van der Waals surface area contributed by atoms with Crippen LogP contribution in [0, 0.1) is 6.92 Å². The van der Waals surface area contributed by atoms with Gasteiger partial charge in [0.05, 0.1) is 15.6 Å². The van der Waals surface area contributed by atoms with Crippen molar-refractivity contribution >= 4 is 29.2 Å². The summed E-state index contributed by atoms with van der Waals surface area (Å²) in [5.74, 6) is 0.202. The molecular weight excluding hydrogens is 581 g/mol. The Hall–Kier alpha value is -3.51. The maximum Gasteiger partial charge on any atom is 0.336 e. The largest absolute Gasteiger partial charge is 0.490 e. The summed E-state index contributed by atoms with van der Waals surface area (Å²) in [6, 6.07) is 25.3. The first-order valence-corrected chi connectivity index (χ1v) is 15.5. The average Bonchev–Trinajstić information content (AvgIpc) is 3.00. The van der Waals surface area contributed by atoms with Gasteiger partial charge in [-0.05, 0) is 96.4 Å².